The largest absolute Gasteiger partial charge is 0.481 e. The molecule has 1 amide bonds. The molecule has 13 atom stereocenters. The maximum absolute atomic E-state index is 14.0. The molecule has 8 rings (SSSR count). The second kappa shape index (κ2) is 10.2. The lowest BCUT2D eigenvalue weighted by Crippen LogP contribution is -2.66. The Morgan fingerprint density at radius 3 is 2.48 bits per heavy atom. The van der Waals surface area contributed by atoms with Crippen LogP contribution in [0, 0.1) is 57.2 Å². The van der Waals surface area contributed by atoms with Gasteiger partial charge in [-0.05, 0) is 67.4 Å². The molecule has 11 nitrogen and oxygen atoms in total. The van der Waals surface area contributed by atoms with Crippen LogP contribution in [0.1, 0.15) is 67.2 Å². The molecule has 13 unspecified atom stereocenters. The lowest BCUT2D eigenvalue weighted by Gasteiger charge is -2.59. The molecule has 7 fully saturated rings. The fourth-order valence-corrected chi connectivity index (χ4v) is 12.5. The number of amides is 1. The number of hydrogen-bond donors (Lipinski definition) is 2. The molecule has 3 N–H and O–H groups in total. The van der Waals surface area contributed by atoms with Crippen LogP contribution in [0.5, 0.6) is 0 Å². The Hall–Kier alpha value is -1.67. The van der Waals surface area contributed by atoms with Gasteiger partial charge in [-0.2, -0.15) is 0 Å². The van der Waals surface area contributed by atoms with Crippen molar-refractivity contribution < 1.29 is 47.6 Å². The molecule has 4 aliphatic carbocycles. The van der Waals surface area contributed by atoms with Gasteiger partial charge in [-0.15, -0.1) is 0 Å². The molecular formula is C34H50NO10Si. The van der Waals surface area contributed by atoms with Crippen molar-refractivity contribution in [2.24, 2.45) is 62.9 Å². The minimum atomic E-state index is -1.63. The van der Waals surface area contributed by atoms with Crippen molar-refractivity contribution in [1.82, 2.24) is 0 Å². The Morgan fingerprint density at radius 2 is 1.89 bits per heavy atom. The number of carboxylic acid groups (broad SMARTS) is 1. The molecule has 0 aromatic rings. The summed E-state index contributed by atoms with van der Waals surface area (Å²) in [5, 5.41) is 11.4. The van der Waals surface area contributed by atoms with E-state index in [1.54, 1.807) is 0 Å². The highest BCUT2D eigenvalue weighted by Crippen LogP contribution is 2.83. The highest BCUT2D eigenvalue weighted by Gasteiger charge is 2.86. The van der Waals surface area contributed by atoms with Gasteiger partial charge in [0.05, 0.1) is 17.9 Å². The Kier molecular flexibility index (Phi) is 7.27. The molecule has 4 aliphatic heterocycles. The van der Waals surface area contributed by atoms with Crippen molar-refractivity contribution in [3.63, 3.8) is 0 Å². The van der Waals surface area contributed by atoms with Gasteiger partial charge >= 0.3 is 11.9 Å². The average Bonchev–Trinajstić information content (AvgIpc) is 3.63. The maximum atomic E-state index is 14.0. The summed E-state index contributed by atoms with van der Waals surface area (Å²) in [6.45, 7) is 16.1. The van der Waals surface area contributed by atoms with Crippen LogP contribution in [-0.4, -0.2) is 75.8 Å². The average molecular weight is 661 g/mol. The molecule has 4 saturated heterocycles. The Labute approximate surface area is 272 Å². The van der Waals surface area contributed by atoms with E-state index in [9.17, 15) is 19.5 Å². The second-order valence-electron chi connectivity index (χ2n) is 16.8. The lowest BCUT2D eigenvalue weighted by atomic mass is 9.43. The van der Waals surface area contributed by atoms with Crippen LogP contribution in [0.15, 0.2) is 11.6 Å². The van der Waals surface area contributed by atoms with Gasteiger partial charge in [0.15, 0.2) is 6.10 Å². The molecule has 12 heteroatoms. The van der Waals surface area contributed by atoms with Crippen molar-refractivity contribution in [3.05, 3.63) is 11.6 Å². The third-order valence-electron chi connectivity index (χ3n) is 12.9. The van der Waals surface area contributed by atoms with Crippen LogP contribution in [0.4, 0.5) is 0 Å². The fraction of sp³-hybridized carbons (Fsp3) is 0.853. The number of carbonyl (C=O) groups excluding carboxylic acids is 2. The molecule has 8 bridgehead atoms. The number of carboxylic acids is 1. The number of hydrogen-bond acceptors (Lipinski definition) is 9. The Bertz CT molecular complexity index is 1360. The van der Waals surface area contributed by atoms with E-state index < -0.39 is 78.8 Å². The topological polar surface area (TPSA) is 153 Å². The highest BCUT2D eigenvalue weighted by molar-refractivity contribution is 6.48. The number of carbonyl (C=O) groups is 3. The van der Waals surface area contributed by atoms with Crippen LogP contribution < -0.4 is 5.73 Å². The predicted octanol–water partition coefficient (Wildman–Crippen LogP) is 3.86. The molecule has 3 saturated carbocycles. The molecular weight excluding hydrogens is 610 g/mol. The van der Waals surface area contributed by atoms with Crippen molar-refractivity contribution >= 4 is 27.2 Å². The number of allylic oxidation sites excluding steroid dienone is 1. The van der Waals surface area contributed by atoms with Gasteiger partial charge in [-0.3, -0.25) is 14.3 Å². The number of aliphatic carboxylic acids is 1. The smallest absolute Gasteiger partial charge is 0.315 e. The van der Waals surface area contributed by atoms with Crippen LogP contribution >= 0.6 is 0 Å². The summed E-state index contributed by atoms with van der Waals surface area (Å²) in [5.74, 6) is -4.89. The van der Waals surface area contributed by atoms with Crippen molar-refractivity contribution in [2.75, 3.05) is 13.2 Å². The van der Waals surface area contributed by atoms with Crippen LogP contribution in [0.3, 0.4) is 0 Å². The zero-order valence-electron chi connectivity index (χ0n) is 28.3. The number of rotatable bonds is 11. The molecule has 255 valence electrons. The van der Waals surface area contributed by atoms with E-state index in [0.29, 0.717) is 18.8 Å². The highest BCUT2D eigenvalue weighted by atomic mass is 28.3. The van der Waals surface area contributed by atoms with Gasteiger partial charge in [0.1, 0.15) is 30.5 Å². The standard InChI is InChI=1S/C34H50NO10Si/c1-17(2)22-11-19-12-30(15-36)21-10-9-18(3)20(21)13-31(19,32(22,30)28(38)39)16-41-33-26(29(4,5)6)24-25(40-14-23(35)37)27(43-33)34(42-24,44-33)45-46(7)8/h11,15,17-21,24-27H,9-10,12-14,16H2,1-8H3,(H2,35,37)(H,38,39). The summed E-state index contributed by atoms with van der Waals surface area (Å²) in [6.07, 6.45) is 4.03. The van der Waals surface area contributed by atoms with E-state index in [1.807, 2.05) is 47.7 Å². The molecule has 0 aromatic heterocycles. The first-order chi connectivity index (χ1) is 21.5. The van der Waals surface area contributed by atoms with E-state index in [-0.39, 0.29) is 36.9 Å². The summed E-state index contributed by atoms with van der Waals surface area (Å²) in [5.41, 5.74) is 2.53. The second-order valence-corrected chi connectivity index (χ2v) is 18.8. The summed E-state index contributed by atoms with van der Waals surface area (Å²) in [7, 11) is -1.39. The third kappa shape index (κ3) is 3.83. The van der Waals surface area contributed by atoms with Gasteiger partial charge in [-0.25, -0.2) is 0 Å². The van der Waals surface area contributed by atoms with Crippen LogP contribution in [0.2, 0.25) is 13.1 Å². The molecule has 1 radical (unpaired) electrons. The van der Waals surface area contributed by atoms with E-state index in [0.717, 1.165) is 24.7 Å². The number of aldehydes is 1. The third-order valence-corrected chi connectivity index (χ3v) is 13.6. The molecule has 46 heavy (non-hydrogen) atoms. The number of fused-ring (bicyclic) bond motifs is 2. The van der Waals surface area contributed by atoms with E-state index in [1.165, 1.54) is 0 Å². The fourth-order valence-electron chi connectivity index (χ4n) is 11.7. The quantitative estimate of drug-likeness (QED) is 0.190. The summed E-state index contributed by atoms with van der Waals surface area (Å²) in [4.78, 5) is 39.2. The first-order valence-corrected chi connectivity index (χ1v) is 19.4. The molecule has 0 aromatic carbocycles. The number of ether oxygens (including phenoxy) is 5. The SMILES string of the molecule is CC(C)C1=CC2CC3(C=O)C4CCC(C)C4CC2(COC24OC5C(OCC(N)=O)C(OC5(O[Si](C)C)O2)C4C(C)(C)C)C13C(=O)O. The Morgan fingerprint density at radius 1 is 1.17 bits per heavy atom. The maximum Gasteiger partial charge on any atom is 0.315 e. The zero-order valence-corrected chi connectivity index (χ0v) is 29.3. The lowest BCUT2D eigenvalue weighted by molar-refractivity contribution is -0.491. The Balaban J connectivity index is 1.33. The van der Waals surface area contributed by atoms with Gasteiger partial charge in [0, 0.05) is 5.41 Å². The predicted molar refractivity (Wildman–Crippen MR) is 165 cm³/mol. The summed E-state index contributed by atoms with van der Waals surface area (Å²) in [6, 6.07) is 0. The molecule has 0 spiro atoms. The van der Waals surface area contributed by atoms with Gasteiger partial charge in [0.2, 0.25) is 14.9 Å². The minimum Gasteiger partial charge on any atom is -0.481 e. The molecule has 8 aliphatic rings. The van der Waals surface area contributed by atoms with Crippen molar-refractivity contribution in [1.29, 1.82) is 0 Å². The van der Waals surface area contributed by atoms with Gasteiger partial charge < -0.3 is 39.0 Å². The van der Waals surface area contributed by atoms with Gasteiger partial charge in [-0.1, -0.05) is 59.6 Å². The zero-order chi connectivity index (χ0) is 33.4. The van der Waals surface area contributed by atoms with Crippen LogP contribution in [-0.2, 0) is 42.5 Å². The van der Waals surface area contributed by atoms with Crippen LogP contribution in [0.25, 0.3) is 0 Å². The number of nitrogens with two attached hydrogens (primary N) is 1. The minimum absolute atomic E-state index is 0.0192. The first kappa shape index (κ1) is 32.9. The number of primary amides is 1. The van der Waals surface area contributed by atoms with Gasteiger partial charge in [0.25, 0.3) is 5.97 Å². The van der Waals surface area contributed by atoms with Crippen molar-refractivity contribution in [2.45, 2.75) is 111 Å². The molecule has 4 heterocycles. The summed E-state index contributed by atoms with van der Waals surface area (Å²) < 4.78 is 39.4. The van der Waals surface area contributed by atoms with Crippen molar-refractivity contribution in [3.8, 4) is 0 Å². The van der Waals surface area contributed by atoms with E-state index in [2.05, 4.69) is 13.0 Å². The van der Waals surface area contributed by atoms with E-state index in [4.69, 9.17) is 33.8 Å². The normalized spacial score (nSPS) is 49.7. The monoisotopic (exact) mass is 660 g/mol. The van der Waals surface area contributed by atoms with E-state index >= 15 is 0 Å². The first-order valence-electron chi connectivity index (χ1n) is 17.0. The summed E-state index contributed by atoms with van der Waals surface area (Å²) >= 11 is 0.